The largest absolute Gasteiger partial charge is 0.496 e. The molecule has 0 amide bonds. The van der Waals surface area contributed by atoms with E-state index >= 15 is 0 Å². The molecule has 0 heterocycles. The van der Waals surface area contributed by atoms with Crippen molar-refractivity contribution in [3.8, 4) is 17.2 Å². The van der Waals surface area contributed by atoms with Crippen LogP contribution in [0, 0.1) is 13.8 Å². The number of nitrogens with zero attached hydrogens (tertiary/aromatic N) is 1. The summed E-state index contributed by atoms with van der Waals surface area (Å²) in [5.74, 6) is 1.80. The molecule has 0 fully saturated rings. The number of benzene rings is 2. The zero-order chi connectivity index (χ0) is 19.1. The maximum absolute atomic E-state index is 5.39. The summed E-state index contributed by atoms with van der Waals surface area (Å²) in [7, 11) is 4.74. The van der Waals surface area contributed by atoms with Gasteiger partial charge in [0.25, 0.3) is 0 Å². The van der Waals surface area contributed by atoms with Gasteiger partial charge < -0.3 is 19.5 Å². The molecular formula is C19H23N3O3S. The molecule has 0 bridgehead atoms. The van der Waals surface area contributed by atoms with E-state index in [1.165, 1.54) is 0 Å². The summed E-state index contributed by atoms with van der Waals surface area (Å²) in [6.45, 7) is 4.04. The fraction of sp³-hybridized carbons (Fsp3) is 0.263. The Labute approximate surface area is 159 Å². The van der Waals surface area contributed by atoms with Gasteiger partial charge in [-0.25, -0.2) is 0 Å². The van der Waals surface area contributed by atoms with Crippen LogP contribution in [-0.4, -0.2) is 32.7 Å². The SMILES string of the molecule is COc1cc(OC)c(C=NNC(=S)Nc2c(C)cccc2C)c(OC)c1. The Kier molecular flexibility index (Phi) is 6.80. The highest BCUT2D eigenvalue weighted by molar-refractivity contribution is 7.80. The van der Waals surface area contributed by atoms with Crippen LogP contribution in [0.5, 0.6) is 17.2 Å². The Bertz CT molecular complexity index is 776. The lowest BCUT2D eigenvalue weighted by Gasteiger charge is -2.13. The van der Waals surface area contributed by atoms with Crippen molar-refractivity contribution in [2.24, 2.45) is 5.10 Å². The molecule has 138 valence electrons. The van der Waals surface area contributed by atoms with E-state index in [9.17, 15) is 0 Å². The van der Waals surface area contributed by atoms with Gasteiger partial charge in [-0.15, -0.1) is 0 Å². The van der Waals surface area contributed by atoms with Gasteiger partial charge in [0.05, 0.1) is 33.1 Å². The van der Waals surface area contributed by atoms with Crippen molar-refractivity contribution in [2.75, 3.05) is 26.6 Å². The second kappa shape index (κ2) is 9.05. The van der Waals surface area contributed by atoms with Crippen molar-refractivity contribution in [1.82, 2.24) is 5.43 Å². The molecule has 0 unspecified atom stereocenters. The first-order chi connectivity index (χ1) is 12.5. The number of aryl methyl sites for hydroxylation is 2. The Balaban J connectivity index is 2.14. The molecule has 2 aromatic rings. The fourth-order valence-electron chi connectivity index (χ4n) is 2.47. The molecule has 6 nitrogen and oxygen atoms in total. The standard InChI is InChI=1S/C19H23N3O3S/c1-12-7-6-8-13(2)18(12)21-19(26)22-20-11-15-16(24-4)9-14(23-3)10-17(15)25-5/h6-11H,1-5H3,(H2,21,22,26). The van der Waals surface area contributed by atoms with Gasteiger partial charge in [0.2, 0.25) is 0 Å². The van der Waals surface area contributed by atoms with E-state index in [4.69, 9.17) is 26.4 Å². The van der Waals surface area contributed by atoms with Crippen LogP contribution in [0.15, 0.2) is 35.4 Å². The van der Waals surface area contributed by atoms with Gasteiger partial charge in [-0.1, -0.05) is 18.2 Å². The number of thiocarbonyl (C=S) groups is 1. The molecule has 2 N–H and O–H groups in total. The number of ether oxygens (including phenoxy) is 3. The van der Waals surface area contributed by atoms with E-state index in [0.29, 0.717) is 27.9 Å². The first-order valence-corrected chi connectivity index (χ1v) is 8.37. The maximum atomic E-state index is 5.39. The topological polar surface area (TPSA) is 64.1 Å². The lowest BCUT2D eigenvalue weighted by molar-refractivity contribution is 0.374. The van der Waals surface area contributed by atoms with Crippen LogP contribution in [-0.2, 0) is 0 Å². The van der Waals surface area contributed by atoms with Crippen LogP contribution in [0.3, 0.4) is 0 Å². The summed E-state index contributed by atoms with van der Waals surface area (Å²) in [5, 5.41) is 7.75. The molecule has 0 saturated carbocycles. The average Bonchev–Trinajstić information content (AvgIpc) is 2.64. The Hall–Kier alpha value is -2.80. The molecule has 0 atom stereocenters. The zero-order valence-electron chi connectivity index (χ0n) is 15.5. The number of hydrazone groups is 1. The van der Waals surface area contributed by atoms with Crippen LogP contribution in [0.1, 0.15) is 16.7 Å². The quantitative estimate of drug-likeness (QED) is 0.458. The van der Waals surface area contributed by atoms with Crippen molar-refractivity contribution in [2.45, 2.75) is 13.8 Å². The molecular weight excluding hydrogens is 350 g/mol. The summed E-state index contributed by atoms with van der Waals surface area (Å²) in [6, 6.07) is 9.57. The van der Waals surface area contributed by atoms with E-state index < -0.39 is 0 Å². The Morgan fingerprint density at radius 2 is 1.58 bits per heavy atom. The number of hydrogen-bond donors (Lipinski definition) is 2. The predicted molar refractivity (Wildman–Crippen MR) is 109 cm³/mol. The molecule has 2 rings (SSSR count). The monoisotopic (exact) mass is 373 g/mol. The van der Waals surface area contributed by atoms with E-state index in [1.54, 1.807) is 39.7 Å². The molecule has 0 aliphatic rings. The molecule has 0 aliphatic heterocycles. The van der Waals surface area contributed by atoms with E-state index in [2.05, 4.69) is 15.8 Å². The lowest BCUT2D eigenvalue weighted by atomic mass is 10.1. The Morgan fingerprint density at radius 1 is 1.00 bits per heavy atom. The maximum Gasteiger partial charge on any atom is 0.191 e. The van der Waals surface area contributed by atoms with Crippen molar-refractivity contribution in [3.63, 3.8) is 0 Å². The number of nitrogens with one attached hydrogen (secondary N) is 2. The summed E-state index contributed by atoms with van der Waals surface area (Å²) in [5.41, 5.74) is 6.68. The summed E-state index contributed by atoms with van der Waals surface area (Å²) in [6.07, 6.45) is 1.59. The number of anilines is 1. The average molecular weight is 373 g/mol. The molecule has 0 saturated heterocycles. The fourth-order valence-corrected chi connectivity index (χ4v) is 2.62. The summed E-state index contributed by atoms with van der Waals surface area (Å²) in [4.78, 5) is 0. The lowest BCUT2D eigenvalue weighted by Crippen LogP contribution is -2.24. The highest BCUT2D eigenvalue weighted by Gasteiger charge is 2.11. The van der Waals surface area contributed by atoms with Crippen LogP contribution in [0.4, 0.5) is 5.69 Å². The number of methoxy groups -OCH3 is 3. The van der Waals surface area contributed by atoms with E-state index in [-0.39, 0.29) is 0 Å². The van der Waals surface area contributed by atoms with Gasteiger partial charge in [-0.2, -0.15) is 5.10 Å². The van der Waals surface area contributed by atoms with E-state index in [1.807, 2.05) is 32.0 Å². The highest BCUT2D eigenvalue weighted by atomic mass is 32.1. The minimum Gasteiger partial charge on any atom is -0.496 e. The summed E-state index contributed by atoms with van der Waals surface area (Å²) < 4.78 is 16.0. The van der Waals surface area contributed by atoms with Crippen LogP contribution < -0.4 is 25.0 Å². The van der Waals surface area contributed by atoms with Gasteiger partial charge in [-0.3, -0.25) is 5.43 Å². The number of para-hydroxylation sites is 1. The first-order valence-electron chi connectivity index (χ1n) is 7.96. The second-order valence-electron chi connectivity index (χ2n) is 5.54. The van der Waals surface area contributed by atoms with Crippen LogP contribution in [0.25, 0.3) is 0 Å². The third kappa shape index (κ3) is 4.64. The minimum absolute atomic E-state index is 0.394. The first kappa shape index (κ1) is 19.5. The zero-order valence-corrected chi connectivity index (χ0v) is 16.4. The van der Waals surface area contributed by atoms with Gasteiger partial charge in [0.1, 0.15) is 17.2 Å². The second-order valence-corrected chi connectivity index (χ2v) is 5.94. The van der Waals surface area contributed by atoms with Gasteiger partial charge in [0, 0.05) is 17.8 Å². The smallest absolute Gasteiger partial charge is 0.191 e. The van der Waals surface area contributed by atoms with Crippen molar-refractivity contribution in [3.05, 3.63) is 47.0 Å². The van der Waals surface area contributed by atoms with Gasteiger partial charge >= 0.3 is 0 Å². The van der Waals surface area contributed by atoms with Crippen LogP contribution >= 0.6 is 12.2 Å². The molecule has 0 radical (unpaired) electrons. The van der Waals surface area contributed by atoms with E-state index in [0.717, 1.165) is 16.8 Å². The molecule has 0 spiro atoms. The summed E-state index contributed by atoms with van der Waals surface area (Å²) >= 11 is 5.31. The Morgan fingerprint density at radius 3 is 2.08 bits per heavy atom. The highest BCUT2D eigenvalue weighted by Crippen LogP contribution is 2.32. The third-order valence-electron chi connectivity index (χ3n) is 3.83. The molecule has 0 aromatic heterocycles. The van der Waals surface area contributed by atoms with Crippen molar-refractivity contribution >= 4 is 29.2 Å². The molecule has 0 aliphatic carbocycles. The molecule has 26 heavy (non-hydrogen) atoms. The molecule has 7 heteroatoms. The van der Waals surface area contributed by atoms with Crippen LogP contribution in [0.2, 0.25) is 0 Å². The van der Waals surface area contributed by atoms with Crippen molar-refractivity contribution < 1.29 is 14.2 Å². The predicted octanol–water partition coefficient (Wildman–Crippen LogP) is 3.65. The third-order valence-corrected chi connectivity index (χ3v) is 4.03. The number of rotatable bonds is 6. The van der Waals surface area contributed by atoms with Gasteiger partial charge in [0.15, 0.2) is 5.11 Å². The van der Waals surface area contributed by atoms with Crippen molar-refractivity contribution in [1.29, 1.82) is 0 Å². The van der Waals surface area contributed by atoms with Gasteiger partial charge in [-0.05, 0) is 37.2 Å². The molecule has 2 aromatic carbocycles. The normalized spacial score (nSPS) is 10.5. The number of hydrogen-bond acceptors (Lipinski definition) is 5. The minimum atomic E-state index is 0.394.